The maximum absolute atomic E-state index is 14.0. The topological polar surface area (TPSA) is 120 Å². The van der Waals surface area contributed by atoms with Gasteiger partial charge in [0.2, 0.25) is 0 Å². The highest BCUT2D eigenvalue weighted by Gasteiger charge is 2.49. The number of anilines is 1. The average Bonchev–Trinajstić information content (AvgIpc) is 3.31. The summed E-state index contributed by atoms with van der Waals surface area (Å²) >= 11 is 0. The Hall–Kier alpha value is -3.87. The molecule has 4 N–H and O–H groups in total. The average molecular weight is 482 g/mol. The molecule has 3 rings (SSSR count). The zero-order valence-corrected chi connectivity index (χ0v) is 17.6. The first-order chi connectivity index (χ1) is 16.0. The zero-order valence-electron chi connectivity index (χ0n) is 17.6. The summed E-state index contributed by atoms with van der Waals surface area (Å²) in [5.74, 6) is -2.48. The van der Waals surface area contributed by atoms with E-state index in [2.05, 4.69) is 25.8 Å². The van der Waals surface area contributed by atoms with Gasteiger partial charge in [0.15, 0.2) is 23.1 Å². The van der Waals surface area contributed by atoms with Crippen LogP contribution in [0.1, 0.15) is 24.0 Å². The minimum atomic E-state index is -4.96. The molecule has 34 heavy (non-hydrogen) atoms. The first-order valence-corrected chi connectivity index (χ1v) is 9.72. The fourth-order valence-electron chi connectivity index (χ4n) is 2.59. The summed E-state index contributed by atoms with van der Waals surface area (Å²) in [6.07, 6.45) is -1.78. The summed E-state index contributed by atoms with van der Waals surface area (Å²) in [5.41, 5.74) is -2.67. The molecular weight excluding hydrogens is 463 g/mol. The molecule has 3 aromatic rings. The highest BCUT2D eigenvalue weighted by Crippen LogP contribution is 2.30. The van der Waals surface area contributed by atoms with Crippen LogP contribution in [0.15, 0.2) is 53.4 Å². The summed E-state index contributed by atoms with van der Waals surface area (Å²) in [5, 5.41) is 26.6. The van der Waals surface area contributed by atoms with Gasteiger partial charge >= 0.3 is 6.18 Å². The number of aliphatic hydroxyl groups is 1. The van der Waals surface area contributed by atoms with Crippen LogP contribution in [0.5, 0.6) is 0 Å². The van der Waals surface area contributed by atoms with E-state index in [1.165, 1.54) is 30.5 Å². The van der Waals surface area contributed by atoms with Crippen LogP contribution < -0.4 is 10.6 Å². The van der Waals surface area contributed by atoms with Gasteiger partial charge in [-0.15, -0.1) is 0 Å². The third-order valence-corrected chi connectivity index (χ3v) is 4.63. The van der Waals surface area contributed by atoms with Crippen LogP contribution in [0.4, 0.5) is 27.8 Å². The summed E-state index contributed by atoms with van der Waals surface area (Å²) in [6.45, 7) is -0.528. The van der Waals surface area contributed by atoms with Crippen molar-refractivity contribution in [3.05, 3.63) is 77.6 Å². The van der Waals surface area contributed by atoms with Gasteiger partial charge in [-0.2, -0.15) is 13.2 Å². The van der Waals surface area contributed by atoms with Crippen molar-refractivity contribution in [3.63, 3.8) is 0 Å². The van der Waals surface area contributed by atoms with Crippen LogP contribution in [-0.4, -0.2) is 44.3 Å². The molecule has 1 aromatic carbocycles. The number of rotatable bonds is 9. The Morgan fingerprint density at radius 3 is 2.56 bits per heavy atom. The lowest BCUT2D eigenvalue weighted by Gasteiger charge is -2.26. The maximum Gasteiger partial charge on any atom is 0.418 e. The normalized spacial score (nSPS) is 13.9. The molecule has 1 atom stereocenters. The summed E-state index contributed by atoms with van der Waals surface area (Å²) in [4.78, 5) is 7.43. The van der Waals surface area contributed by atoms with Gasteiger partial charge in [-0.3, -0.25) is 5.41 Å². The van der Waals surface area contributed by atoms with Crippen molar-refractivity contribution < 1.29 is 31.6 Å². The van der Waals surface area contributed by atoms with Crippen molar-refractivity contribution in [3.8, 4) is 0 Å². The molecule has 0 bridgehead atoms. The Bertz CT molecular complexity index is 1180. The van der Waals surface area contributed by atoms with E-state index in [1.54, 1.807) is 12.1 Å². The van der Waals surface area contributed by atoms with Gasteiger partial charge in [0.05, 0.1) is 18.4 Å². The van der Waals surface area contributed by atoms with Crippen molar-refractivity contribution in [2.24, 2.45) is 0 Å². The van der Waals surface area contributed by atoms with E-state index in [9.17, 15) is 27.1 Å². The molecule has 0 aliphatic heterocycles. The number of halogens is 5. The number of nitrogens with zero attached hydrogens (tertiary/aromatic N) is 3. The van der Waals surface area contributed by atoms with Crippen molar-refractivity contribution >= 4 is 17.2 Å². The highest BCUT2D eigenvalue weighted by molar-refractivity contribution is 6.07. The Kier molecular flexibility index (Phi) is 7.25. The molecule has 0 saturated carbocycles. The summed E-state index contributed by atoms with van der Waals surface area (Å²) < 4.78 is 71.3. The quantitative estimate of drug-likeness (QED) is 0.271. The molecule has 8 nitrogen and oxygen atoms in total. The number of benzene rings is 1. The van der Waals surface area contributed by atoms with Crippen LogP contribution in [0.25, 0.3) is 5.70 Å². The van der Waals surface area contributed by atoms with Gasteiger partial charge < -0.3 is 20.3 Å². The van der Waals surface area contributed by atoms with Gasteiger partial charge in [0.25, 0.3) is 0 Å². The highest BCUT2D eigenvalue weighted by atomic mass is 19.4. The SMILES string of the molecule is CC(O)(CNc1nc(C(=N)/C=C(\NCc2ccccc2F)c2ccon2)ncc1F)C(F)(F)F. The number of hydrogen-bond donors (Lipinski definition) is 4. The molecule has 0 saturated heterocycles. The molecular formula is C21H19F5N6O2. The lowest BCUT2D eigenvalue weighted by molar-refractivity contribution is -0.246. The minimum Gasteiger partial charge on any atom is -0.379 e. The van der Waals surface area contributed by atoms with E-state index in [0.29, 0.717) is 18.7 Å². The first kappa shape index (κ1) is 24.8. The lowest BCUT2D eigenvalue weighted by atomic mass is 10.1. The fraction of sp³-hybridized carbons (Fsp3) is 0.238. The van der Waals surface area contributed by atoms with Crippen molar-refractivity contribution in [1.29, 1.82) is 5.41 Å². The van der Waals surface area contributed by atoms with E-state index < -0.39 is 35.8 Å². The van der Waals surface area contributed by atoms with Gasteiger partial charge in [-0.1, -0.05) is 23.4 Å². The molecule has 0 fully saturated rings. The van der Waals surface area contributed by atoms with Gasteiger partial charge in [0.1, 0.15) is 23.5 Å². The standard InChI is InChI=1S/C21H19F5N6O2/c1-20(33,21(24,25)26)11-30-18-14(23)10-29-19(31-18)15(27)8-17(16-6-7-34-32-16)28-9-12-4-2-3-5-13(12)22/h2-8,10,27-28,33H,9,11H2,1H3,(H,29,30,31)/b17-8-,27-15?. The predicted octanol–water partition coefficient (Wildman–Crippen LogP) is 3.67. The van der Waals surface area contributed by atoms with Crippen LogP contribution in [0.2, 0.25) is 0 Å². The fourth-order valence-corrected chi connectivity index (χ4v) is 2.59. The van der Waals surface area contributed by atoms with Crippen LogP contribution >= 0.6 is 0 Å². The van der Waals surface area contributed by atoms with Crippen LogP contribution in [0.3, 0.4) is 0 Å². The molecule has 180 valence electrons. The molecule has 13 heteroatoms. The Balaban J connectivity index is 1.82. The second-order valence-corrected chi connectivity index (χ2v) is 7.32. The number of nitrogens with one attached hydrogen (secondary N) is 3. The Morgan fingerprint density at radius 2 is 1.91 bits per heavy atom. The van der Waals surface area contributed by atoms with Crippen molar-refractivity contribution in [2.75, 3.05) is 11.9 Å². The van der Waals surface area contributed by atoms with E-state index in [4.69, 9.17) is 9.93 Å². The number of alkyl halides is 3. The Labute approximate surface area is 190 Å². The lowest BCUT2D eigenvalue weighted by Crippen LogP contribution is -2.48. The molecule has 1 unspecified atom stereocenters. The maximum atomic E-state index is 14.0. The second kappa shape index (κ2) is 9.95. The monoisotopic (exact) mass is 482 g/mol. The molecule has 0 radical (unpaired) electrons. The Morgan fingerprint density at radius 1 is 1.18 bits per heavy atom. The first-order valence-electron chi connectivity index (χ1n) is 9.72. The summed E-state index contributed by atoms with van der Waals surface area (Å²) in [7, 11) is 0. The number of allylic oxidation sites excluding steroid dienone is 1. The number of aromatic nitrogens is 3. The second-order valence-electron chi connectivity index (χ2n) is 7.32. The van der Waals surface area contributed by atoms with Crippen LogP contribution in [-0.2, 0) is 6.54 Å². The molecule has 2 heterocycles. The number of hydrogen-bond acceptors (Lipinski definition) is 8. The van der Waals surface area contributed by atoms with Gasteiger partial charge in [-0.25, -0.2) is 18.7 Å². The van der Waals surface area contributed by atoms with Crippen molar-refractivity contribution in [1.82, 2.24) is 20.4 Å². The van der Waals surface area contributed by atoms with E-state index in [-0.39, 0.29) is 29.5 Å². The molecule has 0 aliphatic carbocycles. The van der Waals surface area contributed by atoms with E-state index >= 15 is 0 Å². The van der Waals surface area contributed by atoms with E-state index in [1.807, 2.05) is 0 Å². The molecule has 0 amide bonds. The smallest absolute Gasteiger partial charge is 0.379 e. The van der Waals surface area contributed by atoms with Crippen molar-refractivity contribution in [2.45, 2.75) is 25.2 Å². The molecule has 0 spiro atoms. The largest absolute Gasteiger partial charge is 0.418 e. The predicted molar refractivity (Wildman–Crippen MR) is 112 cm³/mol. The summed E-state index contributed by atoms with van der Waals surface area (Å²) in [6, 6.07) is 7.51. The third-order valence-electron chi connectivity index (χ3n) is 4.63. The zero-order chi connectivity index (χ0) is 24.9. The van der Waals surface area contributed by atoms with Gasteiger partial charge in [-0.05, 0) is 19.1 Å². The van der Waals surface area contributed by atoms with Gasteiger partial charge in [0, 0.05) is 18.2 Å². The minimum absolute atomic E-state index is 0.0300. The third kappa shape index (κ3) is 5.92. The van der Waals surface area contributed by atoms with Crippen LogP contribution in [0, 0.1) is 17.0 Å². The van der Waals surface area contributed by atoms with E-state index in [0.717, 1.165) is 0 Å². The molecule has 2 aromatic heterocycles. The molecule has 0 aliphatic rings.